The maximum atomic E-state index is 13.4. The molecule has 1 rings (SSSR count). The zero-order chi connectivity index (χ0) is 11.3. The second-order valence-corrected chi connectivity index (χ2v) is 4.86. The molecule has 0 aromatic heterocycles. The molecule has 1 N–H and O–H groups in total. The standard InChI is InChI=1S/C12H17BrFN/c1-9(2)15-7-3-4-10-5-6-11(13)8-12(10)14/h5-6,8-9,15H,3-4,7H2,1-2H3. The van der Waals surface area contributed by atoms with Gasteiger partial charge in [-0.15, -0.1) is 0 Å². The van der Waals surface area contributed by atoms with Crippen molar-refractivity contribution in [1.29, 1.82) is 0 Å². The molecule has 1 aromatic rings. The molecule has 0 unspecified atom stereocenters. The molecular weight excluding hydrogens is 257 g/mol. The predicted molar refractivity (Wildman–Crippen MR) is 65.6 cm³/mol. The van der Waals surface area contributed by atoms with Gasteiger partial charge in [-0.25, -0.2) is 4.39 Å². The maximum Gasteiger partial charge on any atom is 0.127 e. The van der Waals surface area contributed by atoms with Crippen LogP contribution in [0.5, 0.6) is 0 Å². The summed E-state index contributed by atoms with van der Waals surface area (Å²) in [6, 6.07) is 5.74. The van der Waals surface area contributed by atoms with Crippen molar-refractivity contribution in [1.82, 2.24) is 5.32 Å². The minimum atomic E-state index is -0.117. The molecule has 1 nitrogen and oxygen atoms in total. The van der Waals surface area contributed by atoms with Gasteiger partial charge in [-0.3, -0.25) is 0 Å². The first-order valence-corrected chi connectivity index (χ1v) is 6.06. The van der Waals surface area contributed by atoms with Crippen molar-refractivity contribution in [2.24, 2.45) is 0 Å². The Morgan fingerprint density at radius 3 is 2.73 bits per heavy atom. The molecule has 0 spiro atoms. The van der Waals surface area contributed by atoms with E-state index in [2.05, 4.69) is 35.1 Å². The number of benzene rings is 1. The molecule has 0 saturated carbocycles. The van der Waals surface area contributed by atoms with Crippen LogP contribution >= 0.6 is 15.9 Å². The Labute approximate surface area is 99.2 Å². The minimum Gasteiger partial charge on any atom is -0.315 e. The van der Waals surface area contributed by atoms with Crippen LogP contribution in [0.1, 0.15) is 25.8 Å². The van der Waals surface area contributed by atoms with Crippen LogP contribution in [0.25, 0.3) is 0 Å². The fourth-order valence-electron chi connectivity index (χ4n) is 1.39. The highest BCUT2D eigenvalue weighted by Gasteiger charge is 2.02. The van der Waals surface area contributed by atoms with Crippen LogP contribution in [-0.2, 0) is 6.42 Å². The molecule has 0 fully saturated rings. The first-order valence-electron chi connectivity index (χ1n) is 5.27. The number of hydrogen-bond donors (Lipinski definition) is 1. The van der Waals surface area contributed by atoms with Crippen molar-refractivity contribution < 1.29 is 4.39 Å². The Morgan fingerprint density at radius 2 is 2.13 bits per heavy atom. The topological polar surface area (TPSA) is 12.0 Å². The van der Waals surface area contributed by atoms with Crippen molar-refractivity contribution in [2.45, 2.75) is 32.7 Å². The van der Waals surface area contributed by atoms with Gasteiger partial charge in [-0.05, 0) is 37.1 Å². The lowest BCUT2D eigenvalue weighted by Gasteiger charge is -2.08. The van der Waals surface area contributed by atoms with Crippen molar-refractivity contribution in [3.05, 3.63) is 34.1 Å². The number of halogens is 2. The van der Waals surface area contributed by atoms with Gasteiger partial charge in [0.1, 0.15) is 5.82 Å². The Hall–Kier alpha value is -0.410. The van der Waals surface area contributed by atoms with Crippen LogP contribution in [0.3, 0.4) is 0 Å². The number of hydrogen-bond acceptors (Lipinski definition) is 1. The molecule has 3 heteroatoms. The fourth-order valence-corrected chi connectivity index (χ4v) is 1.73. The monoisotopic (exact) mass is 273 g/mol. The summed E-state index contributed by atoms with van der Waals surface area (Å²) in [5, 5.41) is 3.31. The number of nitrogens with one attached hydrogen (secondary N) is 1. The minimum absolute atomic E-state index is 0.117. The third kappa shape index (κ3) is 4.76. The van der Waals surface area contributed by atoms with Gasteiger partial charge in [0.15, 0.2) is 0 Å². The first-order chi connectivity index (χ1) is 7.09. The molecule has 0 amide bonds. The number of rotatable bonds is 5. The van der Waals surface area contributed by atoms with Gasteiger partial charge in [-0.1, -0.05) is 35.8 Å². The molecule has 0 heterocycles. The summed E-state index contributed by atoms with van der Waals surface area (Å²) in [7, 11) is 0. The molecule has 0 radical (unpaired) electrons. The quantitative estimate of drug-likeness (QED) is 0.810. The molecular formula is C12H17BrFN. The number of aryl methyl sites for hydroxylation is 1. The molecule has 84 valence electrons. The van der Waals surface area contributed by atoms with Gasteiger partial charge < -0.3 is 5.32 Å². The highest BCUT2D eigenvalue weighted by molar-refractivity contribution is 9.10. The van der Waals surface area contributed by atoms with Crippen LogP contribution in [0.15, 0.2) is 22.7 Å². The molecule has 0 aliphatic rings. The Kier molecular flexibility index (Phi) is 5.26. The SMILES string of the molecule is CC(C)NCCCc1ccc(Br)cc1F. The normalized spacial score (nSPS) is 11.0. The summed E-state index contributed by atoms with van der Waals surface area (Å²) in [6.07, 6.45) is 1.76. The molecule has 0 aliphatic heterocycles. The molecule has 15 heavy (non-hydrogen) atoms. The third-order valence-corrected chi connectivity index (χ3v) is 2.68. The zero-order valence-corrected chi connectivity index (χ0v) is 10.8. The predicted octanol–water partition coefficient (Wildman–Crippen LogP) is 3.52. The first kappa shape index (κ1) is 12.7. The van der Waals surface area contributed by atoms with Crippen LogP contribution in [0.4, 0.5) is 4.39 Å². The van der Waals surface area contributed by atoms with E-state index >= 15 is 0 Å². The van der Waals surface area contributed by atoms with E-state index in [1.807, 2.05) is 12.1 Å². The summed E-state index contributed by atoms with van der Waals surface area (Å²) in [4.78, 5) is 0. The lowest BCUT2D eigenvalue weighted by atomic mass is 10.1. The van der Waals surface area contributed by atoms with Crippen molar-refractivity contribution >= 4 is 15.9 Å². The highest BCUT2D eigenvalue weighted by Crippen LogP contribution is 2.16. The van der Waals surface area contributed by atoms with Gasteiger partial charge in [0, 0.05) is 10.5 Å². The van der Waals surface area contributed by atoms with Crippen LogP contribution in [0, 0.1) is 5.82 Å². The van der Waals surface area contributed by atoms with Crippen molar-refractivity contribution in [3.8, 4) is 0 Å². The average Bonchev–Trinajstić information content (AvgIpc) is 2.14. The summed E-state index contributed by atoms with van der Waals surface area (Å²) in [5.74, 6) is -0.117. The second kappa shape index (κ2) is 6.23. The third-order valence-electron chi connectivity index (χ3n) is 2.19. The highest BCUT2D eigenvalue weighted by atomic mass is 79.9. The van der Waals surface area contributed by atoms with Gasteiger partial charge in [0.25, 0.3) is 0 Å². The van der Waals surface area contributed by atoms with Crippen LogP contribution in [-0.4, -0.2) is 12.6 Å². The summed E-state index contributed by atoms with van der Waals surface area (Å²) in [6.45, 7) is 5.16. The summed E-state index contributed by atoms with van der Waals surface area (Å²) >= 11 is 3.24. The van der Waals surface area contributed by atoms with E-state index in [1.54, 1.807) is 0 Å². The lowest BCUT2D eigenvalue weighted by molar-refractivity contribution is 0.558. The molecule has 0 atom stereocenters. The van der Waals surface area contributed by atoms with Gasteiger partial charge >= 0.3 is 0 Å². The molecule has 0 aliphatic carbocycles. The Balaban J connectivity index is 2.37. The molecule has 1 aromatic carbocycles. The summed E-state index contributed by atoms with van der Waals surface area (Å²) < 4.78 is 14.2. The van der Waals surface area contributed by atoms with Crippen molar-refractivity contribution in [3.63, 3.8) is 0 Å². The van der Waals surface area contributed by atoms with E-state index in [0.29, 0.717) is 6.04 Å². The maximum absolute atomic E-state index is 13.4. The average molecular weight is 274 g/mol. The molecule has 0 saturated heterocycles. The van der Waals surface area contributed by atoms with E-state index in [0.717, 1.165) is 29.4 Å². The zero-order valence-electron chi connectivity index (χ0n) is 9.19. The van der Waals surface area contributed by atoms with E-state index in [1.165, 1.54) is 6.07 Å². The second-order valence-electron chi connectivity index (χ2n) is 3.95. The van der Waals surface area contributed by atoms with E-state index in [-0.39, 0.29) is 5.82 Å². The van der Waals surface area contributed by atoms with Crippen molar-refractivity contribution in [2.75, 3.05) is 6.54 Å². The largest absolute Gasteiger partial charge is 0.315 e. The van der Waals surface area contributed by atoms with E-state index < -0.39 is 0 Å². The fraction of sp³-hybridized carbons (Fsp3) is 0.500. The Morgan fingerprint density at radius 1 is 1.40 bits per heavy atom. The summed E-state index contributed by atoms with van der Waals surface area (Å²) in [5.41, 5.74) is 0.795. The lowest BCUT2D eigenvalue weighted by Crippen LogP contribution is -2.23. The van der Waals surface area contributed by atoms with E-state index in [9.17, 15) is 4.39 Å². The van der Waals surface area contributed by atoms with Gasteiger partial charge in [0.2, 0.25) is 0 Å². The van der Waals surface area contributed by atoms with Crippen LogP contribution < -0.4 is 5.32 Å². The van der Waals surface area contributed by atoms with Crippen LogP contribution in [0.2, 0.25) is 0 Å². The van der Waals surface area contributed by atoms with E-state index in [4.69, 9.17) is 0 Å². The Bertz CT molecular complexity index is 312. The smallest absolute Gasteiger partial charge is 0.127 e. The molecule has 0 bridgehead atoms. The van der Waals surface area contributed by atoms with Gasteiger partial charge in [-0.2, -0.15) is 0 Å². The van der Waals surface area contributed by atoms with Gasteiger partial charge in [0.05, 0.1) is 0 Å².